The topological polar surface area (TPSA) is 69.3 Å². The molecule has 0 fully saturated rings. The zero-order chi connectivity index (χ0) is 13.0. The molecular weight excluding hydrogens is 218 g/mol. The van der Waals surface area contributed by atoms with Crippen molar-refractivity contribution in [1.82, 2.24) is 9.88 Å². The minimum Gasteiger partial charge on any atom is -0.397 e. The number of amides is 1. The van der Waals surface area contributed by atoms with Gasteiger partial charge in [0.2, 0.25) is 0 Å². The molecule has 0 aliphatic heterocycles. The number of hydrogen-bond donors (Lipinski definition) is 2. The number of rotatable bonds is 5. The van der Waals surface area contributed by atoms with Crippen molar-refractivity contribution in [3.05, 3.63) is 18.0 Å². The molecule has 0 aliphatic rings. The van der Waals surface area contributed by atoms with Crippen LogP contribution in [0.5, 0.6) is 0 Å². The molecule has 5 heteroatoms. The summed E-state index contributed by atoms with van der Waals surface area (Å²) >= 11 is 0. The van der Waals surface area contributed by atoms with Crippen molar-refractivity contribution in [3.63, 3.8) is 0 Å². The molecule has 96 valence electrons. The van der Waals surface area contributed by atoms with E-state index < -0.39 is 0 Å². The first-order valence-corrected chi connectivity index (χ1v) is 5.67. The molecule has 1 atom stereocenters. The third-order valence-corrected chi connectivity index (χ3v) is 2.73. The van der Waals surface area contributed by atoms with E-state index in [0.29, 0.717) is 23.9 Å². The van der Waals surface area contributed by atoms with Crippen molar-refractivity contribution in [2.24, 2.45) is 13.0 Å². The van der Waals surface area contributed by atoms with Crippen molar-refractivity contribution >= 4 is 11.6 Å². The number of carbonyl (C=O) groups excluding carboxylic acids is 1. The molecule has 17 heavy (non-hydrogen) atoms. The van der Waals surface area contributed by atoms with E-state index in [1.54, 1.807) is 31.0 Å². The smallest absolute Gasteiger partial charge is 0.268 e. The summed E-state index contributed by atoms with van der Waals surface area (Å²) in [5.74, 6) is 0.191. The normalized spacial score (nSPS) is 12.8. The van der Waals surface area contributed by atoms with E-state index >= 15 is 0 Å². The molecular formula is C12H21N3O2. The van der Waals surface area contributed by atoms with E-state index in [1.165, 1.54) is 0 Å². The van der Waals surface area contributed by atoms with Gasteiger partial charge in [-0.25, -0.2) is 0 Å². The van der Waals surface area contributed by atoms with Crippen LogP contribution >= 0.6 is 0 Å². The van der Waals surface area contributed by atoms with E-state index in [-0.39, 0.29) is 11.9 Å². The van der Waals surface area contributed by atoms with E-state index in [1.807, 2.05) is 13.8 Å². The fourth-order valence-electron chi connectivity index (χ4n) is 1.64. The maximum Gasteiger partial charge on any atom is 0.268 e. The Balaban J connectivity index is 2.73. The summed E-state index contributed by atoms with van der Waals surface area (Å²) in [6.07, 6.45) is 1.72. The molecule has 1 rings (SSSR count). The highest BCUT2D eigenvalue weighted by molar-refractivity contribution is 5.94. The summed E-state index contributed by atoms with van der Waals surface area (Å²) < 4.78 is 6.81. The van der Waals surface area contributed by atoms with E-state index in [2.05, 4.69) is 5.32 Å². The standard InChI is InChI=1S/C12H21N3O2/c1-8(2)10(7-17-4)14-12(16)11-5-9(13)6-15(11)3/h5-6,8,10H,7,13H2,1-4H3,(H,14,16). The third kappa shape index (κ3) is 3.49. The minimum atomic E-state index is -0.125. The first-order valence-electron chi connectivity index (χ1n) is 5.67. The number of hydrogen-bond acceptors (Lipinski definition) is 3. The second-order valence-electron chi connectivity index (χ2n) is 4.55. The summed E-state index contributed by atoms with van der Waals surface area (Å²) in [6.45, 7) is 4.59. The van der Waals surface area contributed by atoms with Crippen molar-refractivity contribution < 1.29 is 9.53 Å². The van der Waals surface area contributed by atoms with Crippen LogP contribution in [0.25, 0.3) is 0 Å². The Hall–Kier alpha value is -1.49. The fourth-order valence-corrected chi connectivity index (χ4v) is 1.64. The Morgan fingerprint density at radius 3 is 2.65 bits per heavy atom. The zero-order valence-corrected chi connectivity index (χ0v) is 10.9. The highest BCUT2D eigenvalue weighted by atomic mass is 16.5. The third-order valence-electron chi connectivity index (χ3n) is 2.73. The van der Waals surface area contributed by atoms with Crippen molar-refractivity contribution in [1.29, 1.82) is 0 Å². The highest BCUT2D eigenvalue weighted by Crippen LogP contribution is 2.10. The lowest BCUT2D eigenvalue weighted by Gasteiger charge is -2.21. The summed E-state index contributed by atoms with van der Waals surface area (Å²) in [5, 5.41) is 2.95. The van der Waals surface area contributed by atoms with Gasteiger partial charge in [0, 0.05) is 20.4 Å². The summed E-state index contributed by atoms with van der Waals surface area (Å²) in [6, 6.07) is 1.67. The average molecular weight is 239 g/mol. The quantitative estimate of drug-likeness (QED) is 0.805. The largest absolute Gasteiger partial charge is 0.397 e. The minimum absolute atomic E-state index is 0.00336. The number of aromatic nitrogens is 1. The molecule has 0 aliphatic carbocycles. The lowest BCUT2D eigenvalue weighted by Crippen LogP contribution is -2.42. The molecule has 1 amide bonds. The molecule has 3 N–H and O–H groups in total. The van der Waals surface area contributed by atoms with Crippen LogP contribution in [-0.4, -0.2) is 30.2 Å². The maximum absolute atomic E-state index is 12.0. The lowest BCUT2D eigenvalue weighted by atomic mass is 10.1. The molecule has 0 saturated heterocycles. The summed E-state index contributed by atoms with van der Waals surface area (Å²) in [5.41, 5.74) is 6.79. The Kier molecular flexibility index (Phi) is 4.57. The van der Waals surface area contributed by atoms with Gasteiger partial charge in [-0.05, 0) is 12.0 Å². The van der Waals surface area contributed by atoms with Gasteiger partial charge in [-0.3, -0.25) is 4.79 Å². The second-order valence-corrected chi connectivity index (χ2v) is 4.55. The predicted octanol–water partition coefficient (Wildman–Crippen LogP) is 1.01. The lowest BCUT2D eigenvalue weighted by molar-refractivity contribution is 0.0858. The highest BCUT2D eigenvalue weighted by Gasteiger charge is 2.18. The van der Waals surface area contributed by atoms with E-state index in [0.717, 1.165) is 0 Å². The first-order chi connectivity index (χ1) is 7.95. The molecule has 0 aromatic carbocycles. The molecule has 1 aromatic rings. The zero-order valence-electron chi connectivity index (χ0n) is 10.9. The number of carbonyl (C=O) groups is 1. The number of nitrogens with two attached hydrogens (primary N) is 1. The summed E-state index contributed by atoms with van der Waals surface area (Å²) in [7, 11) is 3.42. The van der Waals surface area contributed by atoms with Crippen LogP contribution in [0.15, 0.2) is 12.3 Å². The first kappa shape index (κ1) is 13.6. The molecule has 1 unspecified atom stereocenters. The number of nitrogens with zero attached hydrogens (tertiary/aromatic N) is 1. The number of aryl methyl sites for hydroxylation is 1. The Bertz CT molecular complexity index is 385. The van der Waals surface area contributed by atoms with Crippen molar-refractivity contribution in [2.45, 2.75) is 19.9 Å². The van der Waals surface area contributed by atoms with Gasteiger partial charge in [0.1, 0.15) is 5.69 Å². The van der Waals surface area contributed by atoms with Gasteiger partial charge >= 0.3 is 0 Å². The fraction of sp³-hybridized carbons (Fsp3) is 0.583. The van der Waals surface area contributed by atoms with Crippen LogP contribution in [0, 0.1) is 5.92 Å². The van der Waals surface area contributed by atoms with Crippen LogP contribution < -0.4 is 11.1 Å². The van der Waals surface area contributed by atoms with E-state index in [4.69, 9.17) is 10.5 Å². The number of nitrogen functional groups attached to an aromatic ring is 1. The van der Waals surface area contributed by atoms with Gasteiger partial charge in [0.05, 0.1) is 18.3 Å². The average Bonchev–Trinajstić information content (AvgIpc) is 2.57. The van der Waals surface area contributed by atoms with Gasteiger partial charge in [-0.2, -0.15) is 0 Å². The number of methoxy groups -OCH3 is 1. The molecule has 0 bridgehead atoms. The molecule has 1 aromatic heterocycles. The molecule has 1 heterocycles. The van der Waals surface area contributed by atoms with Gasteiger partial charge in [0.15, 0.2) is 0 Å². The summed E-state index contributed by atoms with van der Waals surface area (Å²) in [4.78, 5) is 12.0. The Morgan fingerprint density at radius 1 is 1.59 bits per heavy atom. The van der Waals surface area contributed by atoms with E-state index in [9.17, 15) is 4.79 Å². The number of nitrogens with one attached hydrogen (secondary N) is 1. The SMILES string of the molecule is COCC(NC(=O)c1cc(N)cn1C)C(C)C. The number of ether oxygens (including phenoxy) is 1. The Labute approximate surface area is 102 Å². The van der Waals surface area contributed by atoms with Gasteiger partial charge in [-0.15, -0.1) is 0 Å². The van der Waals surface area contributed by atoms with Crippen LogP contribution in [-0.2, 0) is 11.8 Å². The molecule has 0 saturated carbocycles. The molecule has 0 radical (unpaired) electrons. The maximum atomic E-state index is 12.0. The van der Waals surface area contributed by atoms with Crippen LogP contribution in [0.3, 0.4) is 0 Å². The second kappa shape index (κ2) is 5.72. The van der Waals surface area contributed by atoms with Crippen molar-refractivity contribution in [3.8, 4) is 0 Å². The van der Waals surface area contributed by atoms with Gasteiger partial charge in [0.25, 0.3) is 5.91 Å². The van der Waals surface area contributed by atoms with Gasteiger partial charge < -0.3 is 20.4 Å². The molecule has 5 nitrogen and oxygen atoms in total. The van der Waals surface area contributed by atoms with Crippen LogP contribution in [0.2, 0.25) is 0 Å². The van der Waals surface area contributed by atoms with Gasteiger partial charge in [-0.1, -0.05) is 13.8 Å². The van der Waals surface area contributed by atoms with Crippen LogP contribution in [0.4, 0.5) is 5.69 Å². The number of anilines is 1. The van der Waals surface area contributed by atoms with Crippen LogP contribution in [0.1, 0.15) is 24.3 Å². The Morgan fingerprint density at radius 2 is 2.24 bits per heavy atom. The predicted molar refractivity (Wildman–Crippen MR) is 67.8 cm³/mol. The molecule has 0 spiro atoms. The van der Waals surface area contributed by atoms with Crippen molar-refractivity contribution in [2.75, 3.05) is 19.5 Å². The monoisotopic (exact) mass is 239 g/mol.